The molecule has 0 aromatic carbocycles. The van der Waals surface area contributed by atoms with Crippen LogP contribution in [0.1, 0.15) is 12.0 Å². The minimum absolute atomic E-state index is 0.326. The largest absolute Gasteiger partial charge is 0.319 e. The molecule has 0 radical (unpaired) electrons. The third-order valence-electron chi connectivity index (χ3n) is 1.69. The van der Waals surface area contributed by atoms with Gasteiger partial charge in [-0.05, 0) is 26.1 Å². The number of aromatic nitrogens is 1. The van der Waals surface area contributed by atoms with Gasteiger partial charge in [0.05, 0.1) is 6.20 Å². The van der Waals surface area contributed by atoms with Gasteiger partial charge in [0.25, 0.3) is 0 Å². The lowest BCUT2D eigenvalue weighted by Gasteiger charge is -1.97. The molecule has 0 bridgehead atoms. The zero-order chi connectivity index (χ0) is 10.4. The van der Waals surface area contributed by atoms with Crippen molar-refractivity contribution in [1.29, 1.82) is 0 Å². The minimum Gasteiger partial charge on any atom is -0.319 e. The molecular formula is C10H12ClFN2. The molecule has 0 unspecified atom stereocenters. The highest BCUT2D eigenvalue weighted by atomic mass is 35.5. The summed E-state index contributed by atoms with van der Waals surface area (Å²) in [5, 5.41) is 3.33. The lowest BCUT2D eigenvalue weighted by atomic mass is 10.2. The van der Waals surface area contributed by atoms with E-state index in [-0.39, 0.29) is 5.82 Å². The second kappa shape index (κ2) is 5.73. The summed E-state index contributed by atoms with van der Waals surface area (Å²) in [4.78, 5) is 3.70. The van der Waals surface area contributed by atoms with Crippen LogP contribution in [0.2, 0.25) is 5.15 Å². The maximum Gasteiger partial charge on any atom is 0.142 e. The lowest BCUT2D eigenvalue weighted by molar-refractivity contribution is 0.621. The van der Waals surface area contributed by atoms with Crippen molar-refractivity contribution < 1.29 is 4.39 Å². The predicted octanol–water partition coefficient (Wildman–Crippen LogP) is 2.50. The first-order chi connectivity index (χ1) is 6.74. The SMILES string of the molecule is CNCCC=Cc1cc(F)cnc1Cl. The predicted molar refractivity (Wildman–Crippen MR) is 56.8 cm³/mol. The van der Waals surface area contributed by atoms with E-state index >= 15 is 0 Å². The van der Waals surface area contributed by atoms with Crippen molar-refractivity contribution in [3.63, 3.8) is 0 Å². The van der Waals surface area contributed by atoms with Crippen molar-refractivity contribution in [2.24, 2.45) is 0 Å². The van der Waals surface area contributed by atoms with Crippen molar-refractivity contribution in [2.45, 2.75) is 6.42 Å². The molecule has 14 heavy (non-hydrogen) atoms. The topological polar surface area (TPSA) is 24.9 Å². The van der Waals surface area contributed by atoms with E-state index in [1.54, 1.807) is 6.08 Å². The van der Waals surface area contributed by atoms with Gasteiger partial charge < -0.3 is 5.32 Å². The number of hydrogen-bond acceptors (Lipinski definition) is 2. The molecule has 0 spiro atoms. The summed E-state index contributed by atoms with van der Waals surface area (Å²) < 4.78 is 12.8. The monoisotopic (exact) mass is 214 g/mol. The number of hydrogen-bond donors (Lipinski definition) is 1. The van der Waals surface area contributed by atoms with E-state index < -0.39 is 0 Å². The molecule has 0 aliphatic carbocycles. The van der Waals surface area contributed by atoms with Crippen LogP contribution in [0.25, 0.3) is 6.08 Å². The van der Waals surface area contributed by atoms with Crippen molar-refractivity contribution >= 4 is 17.7 Å². The van der Waals surface area contributed by atoms with Crippen LogP contribution in [-0.4, -0.2) is 18.6 Å². The fraction of sp³-hybridized carbons (Fsp3) is 0.300. The zero-order valence-electron chi connectivity index (χ0n) is 7.93. The molecule has 1 N–H and O–H groups in total. The molecular weight excluding hydrogens is 203 g/mol. The molecule has 0 fully saturated rings. The number of nitrogens with zero attached hydrogens (tertiary/aromatic N) is 1. The highest BCUT2D eigenvalue weighted by Gasteiger charge is 1.98. The molecule has 1 aromatic rings. The van der Waals surface area contributed by atoms with Gasteiger partial charge in [0.2, 0.25) is 0 Å². The normalized spacial score (nSPS) is 11.1. The zero-order valence-corrected chi connectivity index (χ0v) is 8.68. The summed E-state index contributed by atoms with van der Waals surface area (Å²) in [6, 6.07) is 1.37. The molecule has 4 heteroatoms. The van der Waals surface area contributed by atoms with Crippen LogP contribution in [-0.2, 0) is 0 Å². The van der Waals surface area contributed by atoms with Crippen LogP contribution in [0.4, 0.5) is 4.39 Å². The number of halogens is 2. The first-order valence-corrected chi connectivity index (χ1v) is 4.74. The smallest absolute Gasteiger partial charge is 0.142 e. The molecule has 0 atom stereocenters. The average Bonchev–Trinajstić information content (AvgIpc) is 2.18. The van der Waals surface area contributed by atoms with Crippen LogP contribution in [0, 0.1) is 5.82 Å². The first-order valence-electron chi connectivity index (χ1n) is 4.36. The summed E-state index contributed by atoms with van der Waals surface area (Å²) in [5.41, 5.74) is 0.614. The Balaban J connectivity index is 2.65. The highest BCUT2D eigenvalue weighted by molar-refractivity contribution is 6.30. The van der Waals surface area contributed by atoms with Gasteiger partial charge in [-0.15, -0.1) is 0 Å². The quantitative estimate of drug-likeness (QED) is 0.616. The molecule has 1 heterocycles. The van der Waals surface area contributed by atoms with E-state index in [1.807, 2.05) is 13.1 Å². The molecule has 76 valence electrons. The Morgan fingerprint density at radius 2 is 2.43 bits per heavy atom. The molecule has 0 saturated carbocycles. The summed E-state index contributed by atoms with van der Waals surface area (Å²) in [5.74, 6) is -0.373. The molecule has 0 aliphatic heterocycles. The molecule has 1 aromatic heterocycles. The third kappa shape index (κ3) is 3.44. The maximum atomic E-state index is 12.8. The van der Waals surface area contributed by atoms with Crippen molar-refractivity contribution in [2.75, 3.05) is 13.6 Å². The summed E-state index contributed by atoms with van der Waals surface area (Å²) in [7, 11) is 1.88. The molecule has 2 nitrogen and oxygen atoms in total. The summed E-state index contributed by atoms with van der Waals surface area (Å²) >= 11 is 5.76. The Morgan fingerprint density at radius 1 is 1.64 bits per heavy atom. The van der Waals surface area contributed by atoms with Gasteiger partial charge in [0.15, 0.2) is 0 Å². The lowest BCUT2D eigenvalue weighted by Crippen LogP contribution is -2.05. The van der Waals surface area contributed by atoms with Gasteiger partial charge in [0.1, 0.15) is 11.0 Å². The van der Waals surface area contributed by atoms with E-state index in [1.165, 1.54) is 6.07 Å². The van der Waals surface area contributed by atoms with Crippen LogP contribution in [0.5, 0.6) is 0 Å². The maximum absolute atomic E-state index is 12.8. The highest BCUT2D eigenvalue weighted by Crippen LogP contribution is 2.15. The van der Waals surface area contributed by atoms with E-state index in [0.717, 1.165) is 19.2 Å². The van der Waals surface area contributed by atoms with E-state index in [0.29, 0.717) is 10.7 Å². The molecule has 0 aliphatic rings. The second-order valence-electron chi connectivity index (χ2n) is 2.83. The Labute approximate surface area is 87.8 Å². The number of nitrogens with one attached hydrogen (secondary N) is 1. The second-order valence-corrected chi connectivity index (χ2v) is 3.19. The Bertz CT molecular complexity index is 326. The fourth-order valence-corrected chi connectivity index (χ4v) is 1.16. The Kier molecular flexibility index (Phi) is 4.56. The van der Waals surface area contributed by atoms with E-state index in [2.05, 4.69) is 10.3 Å². The van der Waals surface area contributed by atoms with Gasteiger partial charge in [-0.1, -0.05) is 23.8 Å². The fourth-order valence-electron chi connectivity index (χ4n) is 0.993. The van der Waals surface area contributed by atoms with Crippen molar-refractivity contribution in [3.8, 4) is 0 Å². The van der Waals surface area contributed by atoms with Gasteiger partial charge >= 0.3 is 0 Å². The van der Waals surface area contributed by atoms with Gasteiger partial charge in [0, 0.05) is 5.56 Å². The minimum atomic E-state index is -0.373. The Morgan fingerprint density at radius 3 is 3.14 bits per heavy atom. The molecule has 1 rings (SSSR count). The Hall–Kier alpha value is -0.930. The van der Waals surface area contributed by atoms with Crippen LogP contribution < -0.4 is 5.32 Å². The summed E-state index contributed by atoms with van der Waals surface area (Å²) in [6.07, 6.45) is 5.69. The molecule has 0 amide bonds. The van der Waals surface area contributed by atoms with Crippen molar-refractivity contribution in [1.82, 2.24) is 10.3 Å². The van der Waals surface area contributed by atoms with E-state index in [4.69, 9.17) is 11.6 Å². The third-order valence-corrected chi connectivity index (χ3v) is 2.01. The average molecular weight is 215 g/mol. The first kappa shape index (κ1) is 11.1. The van der Waals surface area contributed by atoms with E-state index in [9.17, 15) is 4.39 Å². The van der Waals surface area contributed by atoms with Gasteiger partial charge in [-0.2, -0.15) is 0 Å². The number of rotatable bonds is 4. The number of pyridine rings is 1. The van der Waals surface area contributed by atoms with Gasteiger partial charge in [-0.3, -0.25) is 0 Å². The standard InChI is InChI=1S/C10H12ClFN2/c1-13-5-3-2-4-8-6-9(12)7-14-10(8)11/h2,4,6-7,13H,3,5H2,1H3. The van der Waals surface area contributed by atoms with Crippen LogP contribution in [0.15, 0.2) is 18.3 Å². The summed E-state index contributed by atoms with van der Waals surface area (Å²) in [6.45, 7) is 0.886. The van der Waals surface area contributed by atoms with Crippen molar-refractivity contribution in [3.05, 3.63) is 34.9 Å². The van der Waals surface area contributed by atoms with Crippen LogP contribution in [0.3, 0.4) is 0 Å². The van der Waals surface area contributed by atoms with Gasteiger partial charge in [-0.25, -0.2) is 9.37 Å². The van der Waals surface area contributed by atoms with Crippen LogP contribution >= 0.6 is 11.6 Å². The molecule has 0 saturated heterocycles.